The molecule has 1 aliphatic rings. The van der Waals surface area contributed by atoms with Crippen LogP contribution in [0.15, 0.2) is 24.5 Å². The minimum Gasteiger partial charge on any atom is -0.337 e. The van der Waals surface area contributed by atoms with Crippen LogP contribution in [0.25, 0.3) is 5.65 Å². The van der Waals surface area contributed by atoms with Crippen LogP contribution >= 0.6 is 11.6 Å². The highest BCUT2D eigenvalue weighted by Gasteiger charge is 2.21. The molecule has 5 nitrogen and oxygen atoms in total. The predicted octanol–water partition coefficient (Wildman–Crippen LogP) is 1.94. The van der Waals surface area contributed by atoms with Crippen molar-refractivity contribution in [3.05, 3.63) is 35.2 Å². The molecule has 1 aliphatic heterocycles. The van der Waals surface area contributed by atoms with Crippen LogP contribution in [0.3, 0.4) is 0 Å². The van der Waals surface area contributed by atoms with Crippen LogP contribution in [-0.2, 0) is 0 Å². The van der Waals surface area contributed by atoms with Crippen molar-refractivity contribution in [1.29, 1.82) is 0 Å². The fraction of sp³-hybridized carbons (Fsp3) is 0.429. The lowest BCUT2D eigenvalue weighted by Crippen LogP contribution is -2.33. The Morgan fingerprint density at radius 3 is 3.00 bits per heavy atom. The van der Waals surface area contributed by atoms with E-state index in [-0.39, 0.29) is 11.9 Å². The highest BCUT2D eigenvalue weighted by Crippen LogP contribution is 2.15. The number of hydrogen-bond donors (Lipinski definition) is 1. The summed E-state index contributed by atoms with van der Waals surface area (Å²) in [4.78, 5) is 18.7. The highest BCUT2D eigenvalue weighted by molar-refractivity contribution is 6.30. The third-order valence-corrected chi connectivity index (χ3v) is 3.92. The molecule has 0 saturated carbocycles. The SMILES string of the molecule is NC1CCCN(C(=O)c2cn3cc(Cl)ccc3n2)CC1. The zero-order valence-corrected chi connectivity index (χ0v) is 11.9. The number of nitrogens with zero attached hydrogens (tertiary/aromatic N) is 3. The quantitative estimate of drug-likeness (QED) is 0.874. The summed E-state index contributed by atoms with van der Waals surface area (Å²) < 4.78 is 1.78. The number of carbonyl (C=O) groups excluding carboxylic acids is 1. The first-order valence-electron chi connectivity index (χ1n) is 6.82. The van der Waals surface area contributed by atoms with Gasteiger partial charge in [-0.05, 0) is 31.4 Å². The summed E-state index contributed by atoms with van der Waals surface area (Å²) in [6, 6.07) is 3.77. The predicted molar refractivity (Wildman–Crippen MR) is 77.9 cm³/mol. The number of amides is 1. The number of imidazole rings is 1. The topological polar surface area (TPSA) is 63.6 Å². The lowest BCUT2D eigenvalue weighted by molar-refractivity contribution is 0.0756. The number of nitrogens with two attached hydrogens (primary N) is 1. The fourth-order valence-electron chi connectivity index (χ4n) is 2.55. The van der Waals surface area contributed by atoms with Gasteiger partial charge in [0.15, 0.2) is 0 Å². The lowest BCUT2D eigenvalue weighted by Gasteiger charge is -2.18. The van der Waals surface area contributed by atoms with E-state index >= 15 is 0 Å². The van der Waals surface area contributed by atoms with Crippen molar-refractivity contribution in [2.24, 2.45) is 5.73 Å². The Kier molecular flexibility index (Phi) is 3.63. The molecule has 0 aromatic carbocycles. The maximum absolute atomic E-state index is 12.5. The van der Waals surface area contributed by atoms with E-state index in [2.05, 4.69) is 4.98 Å². The third kappa shape index (κ3) is 2.64. The molecular weight excluding hydrogens is 276 g/mol. The molecule has 1 saturated heterocycles. The number of likely N-dealkylation sites (tertiary alicyclic amines) is 1. The summed E-state index contributed by atoms with van der Waals surface area (Å²) in [6.07, 6.45) is 6.26. The fourth-order valence-corrected chi connectivity index (χ4v) is 2.72. The van der Waals surface area contributed by atoms with Crippen LogP contribution in [-0.4, -0.2) is 39.3 Å². The monoisotopic (exact) mass is 292 g/mol. The van der Waals surface area contributed by atoms with Crippen molar-refractivity contribution in [2.75, 3.05) is 13.1 Å². The summed E-state index contributed by atoms with van der Waals surface area (Å²) in [5, 5.41) is 0.620. The highest BCUT2D eigenvalue weighted by atomic mass is 35.5. The summed E-state index contributed by atoms with van der Waals surface area (Å²) in [6.45, 7) is 1.45. The van der Waals surface area contributed by atoms with Gasteiger partial charge in [-0.3, -0.25) is 4.79 Å². The number of hydrogen-bond acceptors (Lipinski definition) is 3. The molecule has 2 aromatic rings. The maximum Gasteiger partial charge on any atom is 0.274 e. The van der Waals surface area contributed by atoms with Crippen LogP contribution in [0.2, 0.25) is 5.02 Å². The number of carbonyl (C=O) groups is 1. The Hall–Kier alpha value is -1.59. The lowest BCUT2D eigenvalue weighted by atomic mass is 10.1. The van der Waals surface area contributed by atoms with Crippen molar-refractivity contribution >= 4 is 23.2 Å². The maximum atomic E-state index is 12.5. The van der Waals surface area contributed by atoms with Crippen LogP contribution in [0.1, 0.15) is 29.8 Å². The standard InChI is InChI=1S/C14H17ClN4O/c15-10-3-4-13-17-12(9-19(13)8-10)14(20)18-6-1-2-11(16)5-7-18/h3-4,8-9,11H,1-2,5-7,16H2. The summed E-state index contributed by atoms with van der Waals surface area (Å²) in [7, 11) is 0. The minimum atomic E-state index is -0.0288. The van der Waals surface area contributed by atoms with Crippen molar-refractivity contribution < 1.29 is 4.79 Å². The molecule has 0 radical (unpaired) electrons. The second kappa shape index (κ2) is 5.42. The van der Waals surface area contributed by atoms with Crippen molar-refractivity contribution in [2.45, 2.75) is 25.3 Å². The number of fused-ring (bicyclic) bond motifs is 1. The molecule has 106 valence electrons. The van der Waals surface area contributed by atoms with Gasteiger partial charge in [-0.25, -0.2) is 4.98 Å². The van der Waals surface area contributed by atoms with Crippen molar-refractivity contribution in [3.63, 3.8) is 0 Å². The average molecular weight is 293 g/mol. The van der Waals surface area contributed by atoms with Crippen LogP contribution in [0.4, 0.5) is 0 Å². The second-order valence-electron chi connectivity index (χ2n) is 5.22. The second-order valence-corrected chi connectivity index (χ2v) is 5.66. The summed E-state index contributed by atoms with van der Waals surface area (Å²) in [5.41, 5.74) is 7.13. The van der Waals surface area contributed by atoms with E-state index in [4.69, 9.17) is 17.3 Å². The van der Waals surface area contributed by atoms with Gasteiger partial charge in [-0.2, -0.15) is 0 Å². The Labute approximate surface area is 122 Å². The smallest absolute Gasteiger partial charge is 0.274 e. The molecule has 0 aliphatic carbocycles. The molecule has 3 heterocycles. The van der Waals surface area contributed by atoms with Crippen molar-refractivity contribution in [3.8, 4) is 0 Å². The molecule has 1 fully saturated rings. The minimum absolute atomic E-state index is 0.0288. The number of halogens is 1. The van der Waals surface area contributed by atoms with Gasteiger partial charge in [-0.1, -0.05) is 11.6 Å². The summed E-state index contributed by atoms with van der Waals surface area (Å²) in [5.74, 6) is -0.0288. The first-order valence-corrected chi connectivity index (χ1v) is 7.20. The first-order chi connectivity index (χ1) is 9.63. The van der Waals surface area contributed by atoms with E-state index in [9.17, 15) is 4.79 Å². The largest absolute Gasteiger partial charge is 0.337 e. The van der Waals surface area contributed by atoms with Crippen LogP contribution < -0.4 is 5.73 Å². The van der Waals surface area contributed by atoms with E-state index in [1.165, 1.54) is 0 Å². The normalized spacial score (nSPS) is 20.1. The zero-order valence-electron chi connectivity index (χ0n) is 11.1. The van der Waals surface area contributed by atoms with E-state index in [1.807, 2.05) is 4.90 Å². The molecule has 2 N–H and O–H groups in total. The molecule has 1 atom stereocenters. The Balaban J connectivity index is 1.84. The van der Waals surface area contributed by atoms with Gasteiger partial charge in [0.25, 0.3) is 5.91 Å². The molecule has 1 unspecified atom stereocenters. The Bertz CT molecular complexity index is 639. The van der Waals surface area contributed by atoms with Crippen LogP contribution in [0.5, 0.6) is 0 Å². The van der Waals surface area contributed by atoms with Gasteiger partial charge in [-0.15, -0.1) is 0 Å². The van der Waals surface area contributed by atoms with E-state index < -0.39 is 0 Å². The van der Waals surface area contributed by atoms with Crippen molar-refractivity contribution in [1.82, 2.24) is 14.3 Å². The van der Waals surface area contributed by atoms with Gasteiger partial charge in [0.05, 0.1) is 5.02 Å². The van der Waals surface area contributed by atoms with E-state index in [0.29, 0.717) is 17.3 Å². The Morgan fingerprint density at radius 1 is 1.30 bits per heavy atom. The molecule has 0 bridgehead atoms. The molecular formula is C14H17ClN4O. The first kappa shape index (κ1) is 13.4. The average Bonchev–Trinajstić information content (AvgIpc) is 2.72. The molecule has 3 rings (SSSR count). The van der Waals surface area contributed by atoms with Gasteiger partial charge in [0.2, 0.25) is 0 Å². The summed E-state index contributed by atoms with van der Waals surface area (Å²) >= 11 is 5.94. The number of aromatic nitrogens is 2. The molecule has 2 aromatic heterocycles. The van der Waals surface area contributed by atoms with Crippen LogP contribution in [0, 0.1) is 0 Å². The molecule has 20 heavy (non-hydrogen) atoms. The number of pyridine rings is 1. The third-order valence-electron chi connectivity index (χ3n) is 3.69. The molecule has 0 spiro atoms. The van der Waals surface area contributed by atoms with E-state index in [0.717, 1.165) is 31.5 Å². The number of rotatable bonds is 1. The van der Waals surface area contributed by atoms with Gasteiger partial charge in [0.1, 0.15) is 11.3 Å². The van der Waals surface area contributed by atoms with Gasteiger partial charge < -0.3 is 15.0 Å². The zero-order chi connectivity index (χ0) is 14.1. The van der Waals surface area contributed by atoms with Gasteiger partial charge >= 0.3 is 0 Å². The molecule has 6 heteroatoms. The molecule has 1 amide bonds. The Morgan fingerprint density at radius 2 is 2.15 bits per heavy atom. The van der Waals surface area contributed by atoms with Gasteiger partial charge in [0, 0.05) is 31.5 Å². The van der Waals surface area contributed by atoms with E-state index in [1.54, 1.807) is 28.9 Å².